The minimum atomic E-state index is -3.60. The van der Waals surface area contributed by atoms with Crippen molar-refractivity contribution in [2.45, 2.75) is 6.42 Å². The molecule has 0 saturated heterocycles. The van der Waals surface area contributed by atoms with Gasteiger partial charge in [0, 0.05) is 32.8 Å². The molecule has 128 valence electrons. The molecule has 0 aromatic heterocycles. The van der Waals surface area contributed by atoms with Crippen LogP contribution in [0.15, 0.2) is 0 Å². The Bertz CT molecular complexity index is 212. The zero-order chi connectivity index (χ0) is 15.8. The lowest BCUT2D eigenvalue weighted by molar-refractivity contribution is -0.370. The number of hydrogen-bond donors (Lipinski definition) is 3. The van der Waals surface area contributed by atoms with Gasteiger partial charge in [-0.05, 0) is 13.0 Å². The summed E-state index contributed by atoms with van der Waals surface area (Å²) in [6, 6.07) is 0. The average Bonchev–Trinajstić information content (AvgIpc) is 2.46. The SMILES string of the molecule is COO[Si](OCCCNCCNCCN)(OOC)OOC. The van der Waals surface area contributed by atoms with Crippen LogP contribution in [0.1, 0.15) is 6.42 Å². The Labute approximate surface area is 126 Å². The van der Waals surface area contributed by atoms with E-state index in [-0.39, 0.29) is 0 Å². The molecule has 0 fully saturated rings. The Hall–Kier alpha value is -0.183. The topological polar surface area (TPSA) is 115 Å². The highest BCUT2D eigenvalue weighted by Gasteiger charge is 2.51. The molecule has 0 unspecified atom stereocenters. The van der Waals surface area contributed by atoms with Crippen LogP contribution in [0.3, 0.4) is 0 Å². The predicted molar refractivity (Wildman–Crippen MR) is 75.4 cm³/mol. The highest BCUT2D eigenvalue weighted by Crippen LogP contribution is 2.12. The van der Waals surface area contributed by atoms with Gasteiger partial charge < -0.3 is 20.8 Å². The lowest BCUT2D eigenvalue weighted by Gasteiger charge is -2.22. The molecular weight excluding hydrogens is 302 g/mol. The second kappa shape index (κ2) is 14.7. The lowest BCUT2D eigenvalue weighted by Crippen LogP contribution is -2.49. The molecule has 0 aliphatic heterocycles. The fourth-order valence-electron chi connectivity index (χ4n) is 1.34. The van der Waals surface area contributed by atoms with Crippen LogP contribution in [0.5, 0.6) is 0 Å². The summed E-state index contributed by atoms with van der Waals surface area (Å²) in [5, 5.41) is 6.42. The molecule has 4 N–H and O–H groups in total. The van der Waals surface area contributed by atoms with Gasteiger partial charge in [0.1, 0.15) is 0 Å². The third-order valence-electron chi connectivity index (χ3n) is 2.13. The van der Waals surface area contributed by atoms with Crippen molar-refractivity contribution in [1.29, 1.82) is 0 Å². The van der Waals surface area contributed by atoms with Crippen molar-refractivity contribution in [3.05, 3.63) is 0 Å². The average molecular weight is 329 g/mol. The van der Waals surface area contributed by atoms with E-state index in [0.717, 1.165) is 32.6 Å². The number of rotatable bonds is 16. The Balaban J connectivity index is 3.76. The molecular formula is C10H27N3O7Si. The van der Waals surface area contributed by atoms with Crippen LogP contribution in [-0.2, 0) is 32.8 Å². The van der Waals surface area contributed by atoms with Crippen LogP contribution in [0.4, 0.5) is 0 Å². The second-order valence-electron chi connectivity index (χ2n) is 3.74. The first-order valence-corrected chi connectivity index (χ1v) is 8.29. The van der Waals surface area contributed by atoms with Crippen molar-refractivity contribution >= 4 is 9.05 Å². The van der Waals surface area contributed by atoms with Crippen LogP contribution in [-0.4, -0.2) is 69.7 Å². The van der Waals surface area contributed by atoms with Crippen LogP contribution < -0.4 is 16.4 Å². The largest absolute Gasteiger partial charge is 0.764 e. The van der Waals surface area contributed by atoms with E-state index >= 15 is 0 Å². The third kappa shape index (κ3) is 11.1. The van der Waals surface area contributed by atoms with E-state index in [4.69, 9.17) is 23.9 Å². The van der Waals surface area contributed by atoms with Gasteiger partial charge in [-0.3, -0.25) is 0 Å². The summed E-state index contributed by atoms with van der Waals surface area (Å²) in [6.45, 7) is 4.26. The Kier molecular flexibility index (Phi) is 14.6. The molecule has 0 amide bonds. The fraction of sp³-hybridized carbons (Fsp3) is 1.00. The highest BCUT2D eigenvalue weighted by molar-refractivity contribution is 6.52. The molecule has 0 atom stereocenters. The molecule has 0 saturated carbocycles. The van der Waals surface area contributed by atoms with E-state index in [2.05, 4.69) is 25.3 Å². The van der Waals surface area contributed by atoms with Crippen LogP contribution >= 0.6 is 0 Å². The summed E-state index contributed by atoms with van der Waals surface area (Å²) >= 11 is 0. The number of nitrogens with one attached hydrogen (secondary N) is 2. The molecule has 0 rings (SSSR count). The van der Waals surface area contributed by atoms with E-state index in [1.165, 1.54) is 21.3 Å². The van der Waals surface area contributed by atoms with Gasteiger partial charge in [0.15, 0.2) is 0 Å². The van der Waals surface area contributed by atoms with Gasteiger partial charge in [-0.2, -0.15) is 13.7 Å². The monoisotopic (exact) mass is 329 g/mol. The normalized spacial score (nSPS) is 12.0. The highest BCUT2D eigenvalue weighted by atomic mass is 28.4. The molecule has 0 aliphatic carbocycles. The van der Waals surface area contributed by atoms with E-state index < -0.39 is 9.05 Å². The quantitative estimate of drug-likeness (QED) is 0.137. The Morgan fingerprint density at radius 2 is 1.33 bits per heavy atom. The molecule has 21 heavy (non-hydrogen) atoms. The van der Waals surface area contributed by atoms with E-state index in [1.807, 2.05) is 0 Å². The number of nitrogens with two attached hydrogens (primary N) is 1. The Morgan fingerprint density at radius 1 is 0.810 bits per heavy atom. The lowest BCUT2D eigenvalue weighted by atomic mass is 10.4. The van der Waals surface area contributed by atoms with Crippen molar-refractivity contribution in [3.8, 4) is 0 Å². The molecule has 0 spiro atoms. The molecule has 0 aliphatic rings. The van der Waals surface area contributed by atoms with E-state index in [0.29, 0.717) is 13.2 Å². The number of hydrogen-bond acceptors (Lipinski definition) is 10. The standard InChI is InChI=1S/C10H27N3O7Si/c1-14-18-21(19-15-2,20-16-3)17-10-4-6-12-8-9-13-7-5-11/h12-13H,4-11H2,1-3H3. The zero-order valence-corrected chi connectivity index (χ0v) is 13.9. The molecule has 0 bridgehead atoms. The zero-order valence-electron chi connectivity index (χ0n) is 12.9. The minimum Gasteiger partial charge on any atom is -0.347 e. The van der Waals surface area contributed by atoms with Crippen LogP contribution in [0.2, 0.25) is 0 Å². The van der Waals surface area contributed by atoms with Gasteiger partial charge >= 0.3 is 9.05 Å². The summed E-state index contributed by atoms with van der Waals surface area (Å²) < 4.78 is 20.0. The molecule has 0 heterocycles. The van der Waals surface area contributed by atoms with Crippen molar-refractivity contribution in [2.75, 3.05) is 60.7 Å². The maximum absolute atomic E-state index is 5.42. The summed E-state index contributed by atoms with van der Waals surface area (Å²) in [7, 11) is 0.312. The first kappa shape index (κ1) is 20.8. The van der Waals surface area contributed by atoms with Gasteiger partial charge in [-0.1, -0.05) is 0 Å². The van der Waals surface area contributed by atoms with Crippen molar-refractivity contribution in [3.63, 3.8) is 0 Å². The summed E-state index contributed by atoms with van der Waals surface area (Å²) in [4.78, 5) is 13.6. The first-order valence-electron chi connectivity index (χ1n) is 6.65. The van der Waals surface area contributed by atoms with E-state index in [9.17, 15) is 0 Å². The molecule has 10 nitrogen and oxygen atoms in total. The summed E-state index contributed by atoms with van der Waals surface area (Å²) in [5.74, 6) is 0. The summed E-state index contributed by atoms with van der Waals surface area (Å²) in [5.41, 5.74) is 5.36. The van der Waals surface area contributed by atoms with Gasteiger partial charge in [0.2, 0.25) is 0 Å². The molecule has 0 radical (unpaired) electrons. The Morgan fingerprint density at radius 3 is 1.81 bits per heavy atom. The summed E-state index contributed by atoms with van der Waals surface area (Å²) in [6.07, 6.45) is 0.721. The van der Waals surface area contributed by atoms with Gasteiger partial charge in [0.25, 0.3) is 0 Å². The van der Waals surface area contributed by atoms with Crippen LogP contribution in [0, 0.1) is 0 Å². The maximum atomic E-state index is 5.42. The van der Waals surface area contributed by atoms with Gasteiger partial charge in [-0.15, -0.1) is 0 Å². The fourth-order valence-corrected chi connectivity index (χ4v) is 2.58. The maximum Gasteiger partial charge on any atom is 0.764 e. The van der Waals surface area contributed by atoms with Crippen molar-refractivity contribution in [2.24, 2.45) is 5.73 Å². The predicted octanol–water partition coefficient (Wildman–Crippen LogP) is -1.30. The minimum absolute atomic E-state index is 0.325. The van der Waals surface area contributed by atoms with Crippen LogP contribution in [0.25, 0.3) is 0 Å². The van der Waals surface area contributed by atoms with Crippen molar-refractivity contribution < 1.29 is 32.8 Å². The van der Waals surface area contributed by atoms with Crippen molar-refractivity contribution in [1.82, 2.24) is 10.6 Å². The molecule has 11 heteroatoms. The smallest absolute Gasteiger partial charge is 0.347 e. The van der Waals surface area contributed by atoms with E-state index in [1.54, 1.807) is 0 Å². The van der Waals surface area contributed by atoms with Gasteiger partial charge in [0.05, 0.1) is 21.3 Å². The first-order chi connectivity index (χ1) is 10.2. The molecule has 0 aromatic carbocycles. The molecule has 0 aromatic rings. The van der Waals surface area contributed by atoms with Gasteiger partial charge in [-0.25, -0.2) is 14.7 Å². The third-order valence-corrected chi connectivity index (χ3v) is 3.80. The second-order valence-corrected chi connectivity index (χ2v) is 5.53.